The first-order valence-corrected chi connectivity index (χ1v) is 8.40. The van der Waals surface area contributed by atoms with Crippen LogP contribution in [-0.4, -0.2) is 59.4 Å². The molecule has 0 radical (unpaired) electrons. The second-order valence-electron chi connectivity index (χ2n) is 4.57. The summed E-state index contributed by atoms with van der Waals surface area (Å²) in [4.78, 5) is 25.1. The highest BCUT2D eigenvalue weighted by molar-refractivity contribution is 7.89. The number of amides is 2. The van der Waals surface area contributed by atoms with Gasteiger partial charge < -0.3 is 15.0 Å². The maximum Gasteiger partial charge on any atom is 0.254 e. The number of likely N-dealkylation sites (N-methyl/N-ethyl adjacent to an activating group) is 2. The lowest BCUT2D eigenvalue weighted by Crippen LogP contribution is -2.39. The van der Waals surface area contributed by atoms with Crippen molar-refractivity contribution in [3.8, 4) is 5.75 Å². The van der Waals surface area contributed by atoms with Crippen LogP contribution in [0.3, 0.4) is 0 Å². The molecule has 23 heavy (non-hydrogen) atoms. The minimum absolute atomic E-state index is 0.105. The molecule has 0 aliphatic carbocycles. The molecule has 1 aromatic carbocycles. The van der Waals surface area contributed by atoms with Crippen LogP contribution >= 0.6 is 0 Å². The minimum atomic E-state index is -3.78. The van der Waals surface area contributed by atoms with Gasteiger partial charge in [0.25, 0.3) is 5.91 Å². The third-order valence-electron chi connectivity index (χ3n) is 3.25. The molecule has 0 aliphatic rings. The van der Waals surface area contributed by atoms with Crippen molar-refractivity contribution in [2.75, 3.05) is 34.3 Å². The molecule has 2 N–H and O–H groups in total. The zero-order valence-electron chi connectivity index (χ0n) is 13.5. The van der Waals surface area contributed by atoms with Gasteiger partial charge in [-0.25, -0.2) is 13.1 Å². The van der Waals surface area contributed by atoms with Crippen LogP contribution in [0.2, 0.25) is 0 Å². The Bertz CT molecular complexity index is 688. The van der Waals surface area contributed by atoms with E-state index in [1.165, 1.54) is 44.3 Å². The van der Waals surface area contributed by atoms with Crippen LogP contribution in [0.4, 0.5) is 0 Å². The Balaban J connectivity index is 3.25. The van der Waals surface area contributed by atoms with Gasteiger partial charge in [-0.05, 0) is 32.2 Å². The van der Waals surface area contributed by atoms with Gasteiger partial charge in [-0.3, -0.25) is 9.59 Å². The van der Waals surface area contributed by atoms with E-state index < -0.39 is 15.9 Å². The first kappa shape index (κ1) is 18.9. The Hall–Kier alpha value is -2.13. The van der Waals surface area contributed by atoms with E-state index in [2.05, 4.69) is 10.0 Å². The number of benzene rings is 1. The first-order valence-electron chi connectivity index (χ1n) is 6.92. The van der Waals surface area contributed by atoms with Crippen molar-refractivity contribution in [3.05, 3.63) is 23.8 Å². The molecular formula is C14H21N3O5S. The van der Waals surface area contributed by atoms with Crippen molar-refractivity contribution < 1.29 is 22.7 Å². The molecule has 0 aliphatic heterocycles. The molecule has 2 amide bonds. The van der Waals surface area contributed by atoms with E-state index in [0.717, 1.165) is 0 Å². The number of carbonyl (C=O) groups is 2. The quantitative estimate of drug-likeness (QED) is 0.714. The molecule has 0 bridgehead atoms. The second-order valence-corrected chi connectivity index (χ2v) is 6.42. The molecule has 0 saturated heterocycles. The zero-order chi connectivity index (χ0) is 17.6. The number of nitrogens with one attached hydrogen (secondary N) is 2. The van der Waals surface area contributed by atoms with Crippen molar-refractivity contribution in [1.82, 2.24) is 14.9 Å². The van der Waals surface area contributed by atoms with Crippen LogP contribution in [0.5, 0.6) is 5.75 Å². The zero-order valence-corrected chi connectivity index (χ0v) is 14.4. The molecule has 0 unspecified atom stereocenters. The molecule has 0 heterocycles. The predicted molar refractivity (Wildman–Crippen MR) is 84.9 cm³/mol. The van der Waals surface area contributed by atoms with E-state index in [0.29, 0.717) is 6.54 Å². The van der Waals surface area contributed by atoms with E-state index in [1.54, 1.807) is 6.92 Å². The number of hydrogen-bond donors (Lipinski definition) is 2. The van der Waals surface area contributed by atoms with Crippen LogP contribution in [-0.2, 0) is 14.8 Å². The number of carbonyl (C=O) groups excluding carboxylic acids is 2. The molecule has 8 nitrogen and oxygen atoms in total. The summed E-state index contributed by atoms with van der Waals surface area (Å²) in [5, 5.41) is 2.44. The smallest absolute Gasteiger partial charge is 0.254 e. The summed E-state index contributed by atoms with van der Waals surface area (Å²) in [5.74, 6) is -0.617. The Kier molecular flexibility index (Phi) is 6.52. The Morgan fingerprint density at radius 2 is 1.91 bits per heavy atom. The monoisotopic (exact) mass is 343 g/mol. The maximum absolute atomic E-state index is 12.5. The number of hydrogen-bond acceptors (Lipinski definition) is 5. The third kappa shape index (κ3) is 4.42. The van der Waals surface area contributed by atoms with Crippen molar-refractivity contribution >= 4 is 21.8 Å². The lowest BCUT2D eigenvalue weighted by Gasteiger charge is -2.20. The van der Waals surface area contributed by atoms with E-state index in [4.69, 9.17) is 4.74 Å². The lowest BCUT2D eigenvalue weighted by atomic mass is 10.2. The summed E-state index contributed by atoms with van der Waals surface area (Å²) in [6.45, 7) is 1.94. The Labute approximate surface area is 135 Å². The summed E-state index contributed by atoms with van der Waals surface area (Å²) >= 11 is 0. The lowest BCUT2D eigenvalue weighted by molar-refractivity contribution is -0.121. The number of rotatable bonds is 7. The van der Waals surface area contributed by atoms with Crippen LogP contribution in [0.1, 0.15) is 17.3 Å². The van der Waals surface area contributed by atoms with Gasteiger partial charge in [0.15, 0.2) is 0 Å². The Morgan fingerprint density at radius 1 is 1.26 bits per heavy atom. The van der Waals surface area contributed by atoms with Crippen molar-refractivity contribution in [2.24, 2.45) is 0 Å². The summed E-state index contributed by atoms with van der Waals surface area (Å²) in [7, 11) is 0.309. The highest BCUT2D eigenvalue weighted by Crippen LogP contribution is 2.25. The first-order chi connectivity index (χ1) is 10.8. The fourth-order valence-electron chi connectivity index (χ4n) is 1.89. The van der Waals surface area contributed by atoms with E-state index >= 15 is 0 Å². The summed E-state index contributed by atoms with van der Waals surface area (Å²) < 4.78 is 31.3. The van der Waals surface area contributed by atoms with Gasteiger partial charge in [-0.2, -0.15) is 0 Å². The summed E-state index contributed by atoms with van der Waals surface area (Å²) in [6, 6.07) is 4.10. The number of methoxy groups -OCH3 is 1. The normalized spacial score (nSPS) is 11.0. The van der Waals surface area contributed by atoms with E-state index in [9.17, 15) is 18.0 Å². The molecule has 9 heteroatoms. The molecule has 0 aromatic heterocycles. The maximum atomic E-state index is 12.5. The van der Waals surface area contributed by atoms with Crippen LogP contribution in [0.15, 0.2) is 23.1 Å². The molecule has 0 spiro atoms. The van der Waals surface area contributed by atoms with Gasteiger partial charge in [0.2, 0.25) is 15.9 Å². The highest BCUT2D eigenvalue weighted by atomic mass is 32.2. The van der Waals surface area contributed by atoms with Gasteiger partial charge in [0.05, 0.1) is 13.7 Å². The SMILES string of the molecule is CCN(CC(=O)NC)C(=O)c1ccc(OC)c(S(=O)(=O)NC)c1. The van der Waals surface area contributed by atoms with Crippen LogP contribution in [0, 0.1) is 0 Å². The molecular weight excluding hydrogens is 322 g/mol. The van der Waals surface area contributed by atoms with Crippen molar-refractivity contribution in [3.63, 3.8) is 0 Å². The average molecular weight is 343 g/mol. The second kappa shape index (κ2) is 7.93. The van der Waals surface area contributed by atoms with Gasteiger partial charge in [-0.1, -0.05) is 0 Å². The molecule has 0 atom stereocenters. The van der Waals surface area contributed by atoms with Gasteiger partial charge in [0.1, 0.15) is 10.6 Å². The standard InChI is InChI=1S/C14H21N3O5S/c1-5-17(9-13(18)15-2)14(19)10-6-7-11(22-4)12(8-10)23(20,21)16-3/h6-8,16H,5,9H2,1-4H3,(H,15,18). The summed E-state index contributed by atoms with van der Waals surface area (Å²) in [5.41, 5.74) is 0.158. The Morgan fingerprint density at radius 3 is 2.39 bits per heavy atom. The summed E-state index contributed by atoms with van der Waals surface area (Å²) in [6.07, 6.45) is 0. The minimum Gasteiger partial charge on any atom is -0.495 e. The fraction of sp³-hybridized carbons (Fsp3) is 0.429. The number of ether oxygens (including phenoxy) is 1. The third-order valence-corrected chi connectivity index (χ3v) is 4.69. The fourth-order valence-corrected chi connectivity index (χ4v) is 2.81. The number of nitrogens with zero attached hydrogens (tertiary/aromatic N) is 1. The van der Waals surface area contributed by atoms with Crippen LogP contribution < -0.4 is 14.8 Å². The highest BCUT2D eigenvalue weighted by Gasteiger charge is 2.23. The molecule has 1 aromatic rings. The van der Waals surface area contributed by atoms with Crippen LogP contribution in [0.25, 0.3) is 0 Å². The topological polar surface area (TPSA) is 105 Å². The van der Waals surface area contributed by atoms with Crippen molar-refractivity contribution in [2.45, 2.75) is 11.8 Å². The van der Waals surface area contributed by atoms with Gasteiger partial charge in [-0.15, -0.1) is 0 Å². The largest absolute Gasteiger partial charge is 0.495 e. The molecule has 1 rings (SSSR count). The predicted octanol–water partition coefficient (Wildman–Crippen LogP) is -0.189. The van der Waals surface area contributed by atoms with E-state index in [1.807, 2.05) is 0 Å². The van der Waals surface area contributed by atoms with Gasteiger partial charge in [0, 0.05) is 19.2 Å². The average Bonchev–Trinajstić information content (AvgIpc) is 2.57. The van der Waals surface area contributed by atoms with Gasteiger partial charge >= 0.3 is 0 Å². The molecule has 0 saturated carbocycles. The van der Waals surface area contributed by atoms with Crippen molar-refractivity contribution in [1.29, 1.82) is 0 Å². The molecule has 128 valence electrons. The van der Waals surface area contributed by atoms with E-state index in [-0.39, 0.29) is 28.7 Å². The number of sulfonamides is 1. The molecule has 0 fully saturated rings.